The van der Waals surface area contributed by atoms with E-state index in [9.17, 15) is 18.0 Å². The molecule has 36 heavy (non-hydrogen) atoms. The molecule has 0 bridgehead atoms. The molecule has 188 valence electrons. The van der Waals surface area contributed by atoms with Gasteiger partial charge in [-0.3, -0.25) is 0 Å². The minimum Gasteiger partial charge on any atom is -0.496 e. The summed E-state index contributed by atoms with van der Waals surface area (Å²) < 4.78 is 48.9. The van der Waals surface area contributed by atoms with Gasteiger partial charge in [0.1, 0.15) is 17.6 Å². The number of rotatable bonds is 7. The number of allylic oxidation sites excluding steroid dienone is 6. The lowest BCUT2D eigenvalue weighted by atomic mass is 9.96. The van der Waals surface area contributed by atoms with Crippen LogP contribution in [0.15, 0.2) is 65.8 Å². The van der Waals surface area contributed by atoms with Crippen LogP contribution in [0.25, 0.3) is 6.08 Å². The molecule has 0 aliphatic heterocycles. The molecular formula is C29H28F3NO3. The summed E-state index contributed by atoms with van der Waals surface area (Å²) in [6, 6.07) is 6.01. The fraction of sp³-hybridized carbons (Fsp3) is 0.241. The molecule has 0 atom stereocenters. The van der Waals surface area contributed by atoms with Crippen LogP contribution < -0.4 is 9.47 Å². The summed E-state index contributed by atoms with van der Waals surface area (Å²) in [7, 11) is 1.66. The number of hydrogen-bond acceptors (Lipinski definition) is 4. The van der Waals surface area contributed by atoms with E-state index in [1.54, 1.807) is 32.3 Å². The summed E-state index contributed by atoms with van der Waals surface area (Å²) in [5, 5.41) is 9.10. The van der Waals surface area contributed by atoms with Crippen LogP contribution in [0.5, 0.6) is 11.5 Å². The second kappa shape index (κ2) is 12.1. The van der Waals surface area contributed by atoms with Crippen LogP contribution in [0.1, 0.15) is 47.2 Å². The van der Waals surface area contributed by atoms with E-state index in [1.165, 1.54) is 6.08 Å². The molecule has 2 aromatic carbocycles. The van der Waals surface area contributed by atoms with Gasteiger partial charge in [-0.1, -0.05) is 36.0 Å². The van der Waals surface area contributed by atoms with Gasteiger partial charge in [0.15, 0.2) is 0 Å². The quantitative estimate of drug-likeness (QED) is 0.172. The van der Waals surface area contributed by atoms with E-state index in [2.05, 4.69) is 6.92 Å². The molecule has 0 fully saturated rings. The summed E-state index contributed by atoms with van der Waals surface area (Å²) >= 11 is 0. The molecule has 2 aromatic rings. The summed E-state index contributed by atoms with van der Waals surface area (Å²) in [6.45, 7) is 9.74. The van der Waals surface area contributed by atoms with Crippen molar-refractivity contribution in [3.05, 3.63) is 99.2 Å². The van der Waals surface area contributed by atoms with Crippen LogP contribution in [0.4, 0.5) is 13.2 Å². The zero-order chi connectivity index (χ0) is 27.0. The Morgan fingerprint density at radius 2 is 1.69 bits per heavy atom. The fourth-order valence-corrected chi connectivity index (χ4v) is 3.41. The van der Waals surface area contributed by atoms with Gasteiger partial charge in [0.2, 0.25) is 0 Å². The van der Waals surface area contributed by atoms with Crippen molar-refractivity contribution >= 4 is 12.0 Å². The van der Waals surface area contributed by atoms with Crippen molar-refractivity contribution in [3.63, 3.8) is 0 Å². The molecule has 0 saturated carbocycles. The topological polar surface area (TPSA) is 59.3 Å². The first-order valence-corrected chi connectivity index (χ1v) is 11.1. The maximum absolute atomic E-state index is 12.8. The van der Waals surface area contributed by atoms with E-state index in [0.29, 0.717) is 11.6 Å². The number of nitrogens with zero attached hydrogens (tertiary/aromatic N) is 1. The van der Waals surface area contributed by atoms with Gasteiger partial charge in [0, 0.05) is 6.08 Å². The van der Waals surface area contributed by atoms with Crippen molar-refractivity contribution in [2.24, 2.45) is 0 Å². The van der Waals surface area contributed by atoms with Gasteiger partial charge in [-0.05, 0) is 86.7 Å². The van der Waals surface area contributed by atoms with Gasteiger partial charge in [-0.25, -0.2) is 4.79 Å². The number of alkyl halides is 3. The molecule has 0 aliphatic carbocycles. The second-order valence-electron chi connectivity index (χ2n) is 8.29. The van der Waals surface area contributed by atoms with Crippen molar-refractivity contribution in [2.45, 2.75) is 40.8 Å². The van der Waals surface area contributed by atoms with Gasteiger partial charge < -0.3 is 9.47 Å². The highest BCUT2D eigenvalue weighted by atomic mass is 19.4. The molecule has 0 amide bonds. The molecule has 0 spiro atoms. The van der Waals surface area contributed by atoms with E-state index < -0.39 is 17.7 Å². The molecule has 0 aliphatic rings. The number of ether oxygens (including phenoxy) is 2. The van der Waals surface area contributed by atoms with Crippen LogP contribution in [-0.4, -0.2) is 13.1 Å². The van der Waals surface area contributed by atoms with Crippen LogP contribution in [-0.2, 0) is 11.0 Å². The lowest BCUT2D eigenvalue weighted by molar-refractivity contribution is -0.137. The molecule has 0 unspecified atom stereocenters. The third kappa shape index (κ3) is 7.47. The predicted octanol–water partition coefficient (Wildman–Crippen LogP) is 7.58. The van der Waals surface area contributed by atoms with E-state index in [1.807, 2.05) is 45.1 Å². The fourth-order valence-electron chi connectivity index (χ4n) is 3.41. The Morgan fingerprint density at radius 3 is 2.31 bits per heavy atom. The Kier molecular flexibility index (Phi) is 9.45. The van der Waals surface area contributed by atoms with E-state index in [4.69, 9.17) is 14.7 Å². The number of carbonyl (C=O) groups is 1. The average Bonchev–Trinajstić information content (AvgIpc) is 2.80. The third-order valence-corrected chi connectivity index (χ3v) is 5.54. The lowest BCUT2D eigenvalue weighted by Gasteiger charge is -2.13. The van der Waals surface area contributed by atoms with E-state index in [-0.39, 0.29) is 11.3 Å². The number of halogens is 3. The maximum atomic E-state index is 12.8. The van der Waals surface area contributed by atoms with Crippen LogP contribution in [0.2, 0.25) is 0 Å². The Balaban J connectivity index is 2.09. The van der Waals surface area contributed by atoms with Crippen molar-refractivity contribution in [1.82, 2.24) is 0 Å². The van der Waals surface area contributed by atoms with Crippen LogP contribution in [0, 0.1) is 32.1 Å². The summed E-state index contributed by atoms with van der Waals surface area (Å²) in [5.41, 5.74) is 4.67. The highest BCUT2D eigenvalue weighted by Crippen LogP contribution is 2.32. The number of aryl methyl sites for hydroxylation is 1. The predicted molar refractivity (Wildman–Crippen MR) is 135 cm³/mol. The number of carbonyl (C=O) groups excluding carboxylic acids is 1. The van der Waals surface area contributed by atoms with Crippen LogP contribution in [0.3, 0.4) is 0 Å². The molecule has 0 saturated heterocycles. The Labute approximate surface area is 209 Å². The lowest BCUT2D eigenvalue weighted by Crippen LogP contribution is -2.09. The first kappa shape index (κ1) is 28.2. The third-order valence-electron chi connectivity index (χ3n) is 5.54. The summed E-state index contributed by atoms with van der Waals surface area (Å²) in [5.74, 6) is -0.168. The number of hydrogen-bond donors (Lipinski definition) is 0. The Morgan fingerprint density at radius 1 is 1.00 bits per heavy atom. The van der Waals surface area contributed by atoms with Gasteiger partial charge >= 0.3 is 12.1 Å². The Hall–Kier alpha value is -4.05. The SMILES string of the molecule is COc1cc(C)c(/C=C/C(C)=C/C=C/C(C)=C/C(=O)Oc2ccc(C(F)(F)F)cc2C#N)c(C)c1C. The first-order valence-electron chi connectivity index (χ1n) is 11.1. The molecule has 0 radical (unpaired) electrons. The zero-order valence-corrected chi connectivity index (χ0v) is 21.1. The minimum absolute atomic E-state index is 0.233. The highest BCUT2D eigenvalue weighted by Gasteiger charge is 2.31. The van der Waals surface area contributed by atoms with Crippen molar-refractivity contribution < 1.29 is 27.4 Å². The second-order valence-corrected chi connectivity index (χ2v) is 8.29. The molecular weight excluding hydrogens is 467 g/mol. The zero-order valence-electron chi connectivity index (χ0n) is 21.1. The number of esters is 1. The number of nitriles is 1. The summed E-state index contributed by atoms with van der Waals surface area (Å²) in [6.07, 6.45) is 5.99. The van der Waals surface area contributed by atoms with Gasteiger partial charge in [-0.2, -0.15) is 18.4 Å². The normalized spacial score (nSPS) is 12.8. The summed E-state index contributed by atoms with van der Waals surface area (Å²) in [4.78, 5) is 12.2. The van der Waals surface area contributed by atoms with Gasteiger partial charge in [0.05, 0.1) is 18.2 Å². The minimum atomic E-state index is -4.60. The molecule has 4 nitrogen and oxygen atoms in total. The number of methoxy groups -OCH3 is 1. The van der Waals surface area contributed by atoms with Gasteiger partial charge in [0.25, 0.3) is 0 Å². The van der Waals surface area contributed by atoms with Crippen LogP contribution >= 0.6 is 0 Å². The van der Waals surface area contributed by atoms with Crippen molar-refractivity contribution in [3.8, 4) is 17.6 Å². The molecule has 0 N–H and O–H groups in total. The number of benzene rings is 2. The smallest absolute Gasteiger partial charge is 0.416 e. The standard InChI is InChI=1S/C29H28F3NO3/c1-18(10-12-25-20(3)15-27(35-6)22(5)21(25)4)8-7-9-19(2)14-28(34)36-26-13-11-24(29(30,31)32)16-23(26)17-33/h7-16H,1-6H3/b9-7+,12-10+,18-8+,19-14+. The molecule has 0 aromatic heterocycles. The Bertz CT molecular complexity index is 1310. The maximum Gasteiger partial charge on any atom is 0.416 e. The highest BCUT2D eigenvalue weighted by molar-refractivity contribution is 5.85. The average molecular weight is 496 g/mol. The van der Waals surface area contributed by atoms with E-state index in [0.717, 1.165) is 45.7 Å². The van der Waals surface area contributed by atoms with Crippen molar-refractivity contribution in [1.29, 1.82) is 5.26 Å². The van der Waals surface area contributed by atoms with Gasteiger partial charge in [-0.15, -0.1) is 0 Å². The van der Waals surface area contributed by atoms with Crippen molar-refractivity contribution in [2.75, 3.05) is 7.11 Å². The molecule has 2 rings (SSSR count). The largest absolute Gasteiger partial charge is 0.496 e. The van der Waals surface area contributed by atoms with E-state index >= 15 is 0 Å². The molecule has 0 heterocycles. The monoisotopic (exact) mass is 495 g/mol. The molecule has 7 heteroatoms. The first-order chi connectivity index (χ1) is 16.9.